The molecule has 0 bridgehead atoms. The van der Waals surface area contributed by atoms with Crippen molar-refractivity contribution in [2.45, 2.75) is 6.92 Å². The van der Waals surface area contributed by atoms with Crippen molar-refractivity contribution in [1.82, 2.24) is 14.7 Å². The van der Waals surface area contributed by atoms with Crippen LogP contribution in [0.1, 0.15) is 5.69 Å². The zero-order valence-electron chi connectivity index (χ0n) is 9.48. The van der Waals surface area contributed by atoms with Crippen molar-refractivity contribution in [2.75, 3.05) is 31.1 Å². The molecule has 0 spiro atoms. The number of piperazine rings is 1. The fourth-order valence-corrected chi connectivity index (χ4v) is 2.22. The van der Waals surface area contributed by atoms with Crippen molar-refractivity contribution in [2.24, 2.45) is 0 Å². The van der Waals surface area contributed by atoms with E-state index in [1.165, 1.54) is 5.69 Å². The van der Waals surface area contributed by atoms with E-state index in [9.17, 15) is 0 Å². The van der Waals surface area contributed by atoms with Crippen LogP contribution in [-0.4, -0.2) is 35.6 Å². The average Bonchev–Trinajstić information content (AvgIpc) is 2.69. The van der Waals surface area contributed by atoms with Gasteiger partial charge in [-0.3, -0.25) is 0 Å². The first-order valence-corrected chi connectivity index (χ1v) is 5.74. The van der Waals surface area contributed by atoms with Crippen molar-refractivity contribution in [3.63, 3.8) is 0 Å². The Labute approximate surface area is 94.9 Å². The Morgan fingerprint density at radius 2 is 2.12 bits per heavy atom. The van der Waals surface area contributed by atoms with E-state index in [-0.39, 0.29) is 0 Å². The third-order valence-corrected chi connectivity index (χ3v) is 3.05. The number of rotatable bonds is 1. The summed E-state index contributed by atoms with van der Waals surface area (Å²) in [6, 6.07) is 4.33. The molecule has 4 nitrogen and oxygen atoms in total. The molecule has 3 rings (SSSR count). The first-order valence-electron chi connectivity index (χ1n) is 5.74. The topological polar surface area (TPSA) is 32.6 Å². The number of anilines is 1. The Bertz CT molecular complexity index is 497. The number of pyridine rings is 1. The molecule has 1 aliphatic rings. The predicted molar refractivity (Wildman–Crippen MR) is 65.0 cm³/mol. The third kappa shape index (κ3) is 1.65. The van der Waals surface area contributed by atoms with Crippen molar-refractivity contribution in [3.05, 3.63) is 30.2 Å². The van der Waals surface area contributed by atoms with Gasteiger partial charge < -0.3 is 14.6 Å². The average molecular weight is 216 g/mol. The zero-order valence-corrected chi connectivity index (χ0v) is 9.48. The molecule has 1 aliphatic heterocycles. The monoisotopic (exact) mass is 216 g/mol. The smallest absolute Gasteiger partial charge is 0.139 e. The lowest BCUT2D eigenvalue weighted by molar-refractivity contribution is 0.589. The Morgan fingerprint density at radius 3 is 2.94 bits per heavy atom. The van der Waals surface area contributed by atoms with Gasteiger partial charge in [-0.25, -0.2) is 4.98 Å². The minimum Gasteiger partial charge on any atom is -0.369 e. The lowest BCUT2D eigenvalue weighted by Crippen LogP contribution is -2.43. The van der Waals surface area contributed by atoms with E-state index in [2.05, 4.69) is 44.1 Å². The predicted octanol–water partition coefficient (Wildman–Crippen LogP) is 1.05. The van der Waals surface area contributed by atoms with Crippen LogP contribution >= 0.6 is 0 Å². The van der Waals surface area contributed by atoms with E-state index >= 15 is 0 Å². The molecule has 0 saturated carbocycles. The molecular weight excluding hydrogens is 200 g/mol. The minimum atomic E-state index is 1.04. The van der Waals surface area contributed by atoms with Gasteiger partial charge in [0.2, 0.25) is 0 Å². The largest absolute Gasteiger partial charge is 0.369 e. The van der Waals surface area contributed by atoms with E-state index in [1.54, 1.807) is 0 Å². The molecular formula is C12H16N4. The second-order valence-electron chi connectivity index (χ2n) is 4.27. The van der Waals surface area contributed by atoms with Gasteiger partial charge in [-0.2, -0.15) is 0 Å². The summed E-state index contributed by atoms with van der Waals surface area (Å²) in [5.41, 5.74) is 3.38. The van der Waals surface area contributed by atoms with Crippen molar-refractivity contribution >= 4 is 11.3 Å². The summed E-state index contributed by atoms with van der Waals surface area (Å²) < 4.78 is 2.07. The molecule has 1 saturated heterocycles. The first kappa shape index (κ1) is 9.66. The van der Waals surface area contributed by atoms with Crippen molar-refractivity contribution in [3.8, 4) is 0 Å². The Morgan fingerprint density at radius 1 is 1.31 bits per heavy atom. The van der Waals surface area contributed by atoms with Gasteiger partial charge >= 0.3 is 0 Å². The number of nitrogens with one attached hydrogen (secondary N) is 1. The molecule has 0 aliphatic carbocycles. The maximum absolute atomic E-state index is 4.49. The summed E-state index contributed by atoms with van der Waals surface area (Å²) in [5.74, 6) is 0. The van der Waals surface area contributed by atoms with Gasteiger partial charge in [0.15, 0.2) is 0 Å². The van der Waals surface area contributed by atoms with Crippen LogP contribution in [-0.2, 0) is 0 Å². The summed E-state index contributed by atoms with van der Waals surface area (Å²) >= 11 is 0. The van der Waals surface area contributed by atoms with Gasteiger partial charge in [-0.05, 0) is 13.0 Å². The summed E-state index contributed by atoms with van der Waals surface area (Å²) in [7, 11) is 0. The number of imidazole rings is 1. The zero-order chi connectivity index (χ0) is 11.0. The van der Waals surface area contributed by atoms with E-state index in [0.29, 0.717) is 0 Å². The Kier molecular flexibility index (Phi) is 2.29. The van der Waals surface area contributed by atoms with Crippen molar-refractivity contribution in [1.29, 1.82) is 0 Å². The van der Waals surface area contributed by atoms with Gasteiger partial charge in [0.1, 0.15) is 5.65 Å². The Balaban J connectivity index is 1.97. The van der Waals surface area contributed by atoms with Crippen LogP contribution in [0, 0.1) is 6.92 Å². The quantitative estimate of drug-likeness (QED) is 0.773. The summed E-state index contributed by atoms with van der Waals surface area (Å²) in [6.07, 6.45) is 4.14. The number of aryl methyl sites for hydroxylation is 1. The molecule has 2 aromatic heterocycles. The molecule has 4 heteroatoms. The highest BCUT2D eigenvalue weighted by Gasteiger charge is 2.10. The van der Waals surface area contributed by atoms with Gasteiger partial charge in [0.05, 0.1) is 5.69 Å². The third-order valence-electron chi connectivity index (χ3n) is 3.05. The standard InChI is InChI=1S/C12H16N4/c1-10-9-16-5-2-11(8-12(16)14-10)15-6-3-13-4-7-15/h2,5,8-9,13H,3-4,6-7H2,1H3. The highest BCUT2D eigenvalue weighted by Crippen LogP contribution is 2.17. The SMILES string of the molecule is Cc1cn2ccc(N3CCNCC3)cc2n1. The van der Waals surface area contributed by atoms with Crippen LogP contribution in [0.5, 0.6) is 0 Å². The molecule has 16 heavy (non-hydrogen) atoms. The van der Waals surface area contributed by atoms with Crippen LogP contribution in [0.15, 0.2) is 24.5 Å². The van der Waals surface area contributed by atoms with Crippen LogP contribution in [0.3, 0.4) is 0 Å². The summed E-state index contributed by atoms with van der Waals surface area (Å²) in [4.78, 5) is 6.89. The second kappa shape index (κ2) is 3.79. The van der Waals surface area contributed by atoms with Gasteiger partial charge in [-0.15, -0.1) is 0 Å². The van der Waals surface area contributed by atoms with Crippen LogP contribution in [0.2, 0.25) is 0 Å². The van der Waals surface area contributed by atoms with E-state index in [0.717, 1.165) is 37.5 Å². The Hall–Kier alpha value is -1.55. The van der Waals surface area contributed by atoms with Crippen LogP contribution in [0.25, 0.3) is 5.65 Å². The molecule has 0 amide bonds. The molecule has 0 radical (unpaired) electrons. The fraction of sp³-hybridized carbons (Fsp3) is 0.417. The van der Waals surface area contributed by atoms with E-state index in [4.69, 9.17) is 0 Å². The maximum Gasteiger partial charge on any atom is 0.139 e. The van der Waals surface area contributed by atoms with Gasteiger partial charge in [0, 0.05) is 50.3 Å². The number of aromatic nitrogens is 2. The normalized spacial score (nSPS) is 16.9. The molecule has 0 unspecified atom stereocenters. The number of fused-ring (bicyclic) bond motifs is 1. The molecule has 84 valence electrons. The molecule has 1 fully saturated rings. The summed E-state index contributed by atoms with van der Waals surface area (Å²) in [6.45, 7) is 6.32. The molecule has 2 aromatic rings. The van der Waals surface area contributed by atoms with Gasteiger partial charge in [0.25, 0.3) is 0 Å². The molecule has 3 heterocycles. The highest BCUT2D eigenvalue weighted by atomic mass is 15.2. The second-order valence-corrected chi connectivity index (χ2v) is 4.27. The highest BCUT2D eigenvalue weighted by molar-refractivity contribution is 5.56. The first-order chi connectivity index (χ1) is 7.83. The minimum absolute atomic E-state index is 1.04. The van der Waals surface area contributed by atoms with E-state index < -0.39 is 0 Å². The van der Waals surface area contributed by atoms with Gasteiger partial charge in [-0.1, -0.05) is 0 Å². The number of nitrogens with zero attached hydrogens (tertiary/aromatic N) is 3. The lowest BCUT2D eigenvalue weighted by Gasteiger charge is -2.29. The fourth-order valence-electron chi connectivity index (χ4n) is 2.22. The molecule has 0 aromatic carbocycles. The number of hydrogen-bond donors (Lipinski definition) is 1. The van der Waals surface area contributed by atoms with Crippen LogP contribution < -0.4 is 10.2 Å². The molecule has 1 N–H and O–H groups in total. The van der Waals surface area contributed by atoms with Crippen LogP contribution in [0.4, 0.5) is 5.69 Å². The lowest BCUT2D eigenvalue weighted by atomic mass is 10.3. The van der Waals surface area contributed by atoms with Crippen molar-refractivity contribution < 1.29 is 0 Å². The summed E-state index contributed by atoms with van der Waals surface area (Å²) in [5, 5.41) is 3.36. The number of hydrogen-bond acceptors (Lipinski definition) is 3. The molecule has 0 atom stereocenters. The van der Waals surface area contributed by atoms with E-state index in [1.807, 2.05) is 6.92 Å². The maximum atomic E-state index is 4.49.